The predicted octanol–water partition coefficient (Wildman–Crippen LogP) is 12.4. The molecular formula is C45H36F3N3. The molecule has 0 saturated heterocycles. The van der Waals surface area contributed by atoms with Crippen LogP contribution in [0.1, 0.15) is 58.2 Å². The van der Waals surface area contributed by atoms with Crippen LogP contribution in [0.25, 0.3) is 66.1 Å². The Bertz CT molecular complexity index is 2590. The van der Waals surface area contributed by atoms with E-state index in [-0.39, 0.29) is 16.4 Å². The summed E-state index contributed by atoms with van der Waals surface area (Å²) in [5.74, 6) is -4.09. The molecule has 0 amide bonds. The highest BCUT2D eigenvalue weighted by Crippen LogP contribution is 2.42. The summed E-state index contributed by atoms with van der Waals surface area (Å²) in [6.07, 6.45) is 0. The van der Waals surface area contributed by atoms with Crippen LogP contribution in [0.15, 0.2) is 109 Å². The molecule has 2 heterocycles. The maximum atomic E-state index is 14.8. The van der Waals surface area contributed by atoms with Crippen LogP contribution in [0.4, 0.5) is 13.2 Å². The summed E-state index contributed by atoms with van der Waals surface area (Å²) >= 11 is 0. The van der Waals surface area contributed by atoms with Crippen molar-refractivity contribution in [2.45, 2.75) is 52.4 Å². The molecule has 0 aliphatic rings. The van der Waals surface area contributed by atoms with E-state index in [1.54, 1.807) is 12.1 Å². The lowest BCUT2D eigenvalue weighted by atomic mass is 9.86. The van der Waals surface area contributed by atoms with Gasteiger partial charge in [-0.05, 0) is 93.7 Å². The Morgan fingerprint density at radius 1 is 0.490 bits per heavy atom. The minimum absolute atomic E-state index is 0.0948. The number of nitriles is 1. The van der Waals surface area contributed by atoms with Crippen molar-refractivity contribution in [3.8, 4) is 28.6 Å². The molecule has 2 aromatic heterocycles. The van der Waals surface area contributed by atoms with Crippen molar-refractivity contribution in [2.24, 2.45) is 0 Å². The Morgan fingerprint density at radius 2 is 0.882 bits per heavy atom. The zero-order valence-electron chi connectivity index (χ0n) is 29.4. The van der Waals surface area contributed by atoms with Gasteiger partial charge in [0.1, 0.15) is 11.6 Å². The second-order valence-electron chi connectivity index (χ2n) is 15.4. The first-order chi connectivity index (χ1) is 24.3. The fourth-order valence-corrected chi connectivity index (χ4v) is 7.37. The average Bonchev–Trinajstić information content (AvgIpc) is 3.61. The van der Waals surface area contributed by atoms with Crippen LogP contribution < -0.4 is 0 Å². The van der Waals surface area contributed by atoms with E-state index < -0.39 is 17.5 Å². The highest BCUT2D eigenvalue weighted by molar-refractivity contribution is 6.11. The molecule has 6 aromatic carbocycles. The molecule has 8 rings (SSSR count). The van der Waals surface area contributed by atoms with Crippen molar-refractivity contribution in [1.82, 2.24) is 9.13 Å². The van der Waals surface area contributed by atoms with Crippen molar-refractivity contribution in [1.29, 1.82) is 5.26 Å². The zero-order chi connectivity index (χ0) is 36.0. The van der Waals surface area contributed by atoms with E-state index in [4.69, 9.17) is 0 Å². The molecule has 0 radical (unpaired) electrons. The molecular weight excluding hydrogens is 640 g/mol. The van der Waals surface area contributed by atoms with Gasteiger partial charge in [-0.2, -0.15) is 5.26 Å². The summed E-state index contributed by atoms with van der Waals surface area (Å²) in [5, 5.41) is 15.2. The molecule has 3 nitrogen and oxygen atoms in total. The molecule has 0 aliphatic carbocycles. The molecule has 0 N–H and O–H groups in total. The molecule has 8 aromatic rings. The standard InChI is InChI=1S/C45H36F3N3/c1-44(2,3)28-15-17-39-32(23-28)30-11-7-9-13-37(30)50(39)41-21-27(26-19-35(46)43(48)36(47)20-26)22-42(34(41)25-49)51-38-14-10-8-12-31(38)33-24-29(45(4,5)6)16-18-40(33)51/h7-24H,1-6H3. The first kappa shape index (κ1) is 32.4. The fourth-order valence-electron chi connectivity index (χ4n) is 7.37. The number of fused-ring (bicyclic) bond motifs is 6. The molecule has 0 saturated carbocycles. The predicted molar refractivity (Wildman–Crippen MR) is 203 cm³/mol. The third-order valence-electron chi connectivity index (χ3n) is 10.1. The van der Waals surface area contributed by atoms with E-state index in [1.807, 2.05) is 36.4 Å². The number of hydrogen-bond donors (Lipinski definition) is 0. The van der Waals surface area contributed by atoms with Gasteiger partial charge in [0.05, 0.1) is 33.4 Å². The third-order valence-corrected chi connectivity index (χ3v) is 10.1. The van der Waals surface area contributed by atoms with Crippen molar-refractivity contribution >= 4 is 43.6 Å². The summed E-state index contributed by atoms with van der Waals surface area (Å²) in [7, 11) is 0. The maximum Gasteiger partial charge on any atom is 0.194 e. The van der Waals surface area contributed by atoms with E-state index in [2.05, 4.69) is 105 Å². The molecule has 6 heteroatoms. The summed E-state index contributed by atoms with van der Waals surface area (Å²) in [6.45, 7) is 13.0. The largest absolute Gasteiger partial charge is 0.308 e. The van der Waals surface area contributed by atoms with Crippen LogP contribution in [0.5, 0.6) is 0 Å². The van der Waals surface area contributed by atoms with Gasteiger partial charge in [-0.3, -0.25) is 0 Å². The van der Waals surface area contributed by atoms with Crippen LogP contribution in [0.3, 0.4) is 0 Å². The first-order valence-electron chi connectivity index (χ1n) is 17.1. The van der Waals surface area contributed by atoms with Gasteiger partial charge in [0, 0.05) is 21.5 Å². The van der Waals surface area contributed by atoms with Gasteiger partial charge in [-0.25, -0.2) is 13.2 Å². The maximum absolute atomic E-state index is 14.8. The molecule has 0 aliphatic heterocycles. The lowest BCUT2D eigenvalue weighted by molar-refractivity contribution is 0.447. The van der Waals surface area contributed by atoms with Crippen LogP contribution in [0.2, 0.25) is 0 Å². The quantitative estimate of drug-likeness (QED) is 0.172. The number of hydrogen-bond acceptors (Lipinski definition) is 1. The van der Waals surface area contributed by atoms with Gasteiger partial charge in [0.25, 0.3) is 0 Å². The second kappa shape index (κ2) is 11.4. The van der Waals surface area contributed by atoms with Gasteiger partial charge in [0.2, 0.25) is 0 Å². The van der Waals surface area contributed by atoms with Crippen LogP contribution in [0, 0.1) is 28.8 Å². The minimum atomic E-state index is -1.53. The Labute approximate surface area is 294 Å². The van der Waals surface area contributed by atoms with Gasteiger partial charge >= 0.3 is 0 Å². The molecule has 0 spiro atoms. The van der Waals surface area contributed by atoms with Gasteiger partial charge in [-0.15, -0.1) is 0 Å². The van der Waals surface area contributed by atoms with Gasteiger partial charge in [0.15, 0.2) is 17.5 Å². The smallest absolute Gasteiger partial charge is 0.194 e. The molecule has 0 atom stereocenters. The lowest BCUT2D eigenvalue weighted by Gasteiger charge is -2.20. The highest BCUT2D eigenvalue weighted by atomic mass is 19.2. The van der Waals surface area contributed by atoms with Crippen LogP contribution >= 0.6 is 0 Å². The van der Waals surface area contributed by atoms with Crippen LogP contribution in [-0.2, 0) is 10.8 Å². The lowest BCUT2D eigenvalue weighted by Crippen LogP contribution is -2.11. The normalized spacial score (nSPS) is 12.4. The van der Waals surface area contributed by atoms with E-state index >= 15 is 0 Å². The van der Waals surface area contributed by atoms with Crippen LogP contribution in [-0.4, -0.2) is 9.13 Å². The summed E-state index contributed by atoms with van der Waals surface area (Å²) in [4.78, 5) is 0. The number of rotatable bonds is 3. The Hall–Kier alpha value is -5.80. The molecule has 252 valence electrons. The summed E-state index contributed by atoms with van der Waals surface area (Å²) in [5.41, 5.74) is 7.75. The monoisotopic (exact) mass is 675 g/mol. The Balaban J connectivity index is 1.54. The Morgan fingerprint density at radius 3 is 1.29 bits per heavy atom. The highest BCUT2D eigenvalue weighted by Gasteiger charge is 2.25. The first-order valence-corrected chi connectivity index (χ1v) is 17.1. The third kappa shape index (κ3) is 5.10. The van der Waals surface area contributed by atoms with Crippen molar-refractivity contribution < 1.29 is 13.2 Å². The number of benzene rings is 6. The van der Waals surface area contributed by atoms with E-state index in [1.165, 1.54) is 11.1 Å². The molecule has 0 bridgehead atoms. The fraction of sp³-hybridized carbons (Fsp3) is 0.178. The average molecular weight is 676 g/mol. The number of aromatic nitrogens is 2. The van der Waals surface area contributed by atoms with Crippen molar-refractivity contribution in [2.75, 3.05) is 0 Å². The topological polar surface area (TPSA) is 33.6 Å². The molecule has 0 unspecified atom stereocenters. The summed E-state index contributed by atoms with van der Waals surface area (Å²) < 4.78 is 48.1. The minimum Gasteiger partial charge on any atom is -0.308 e. The second-order valence-corrected chi connectivity index (χ2v) is 15.4. The number of halogens is 3. The van der Waals surface area contributed by atoms with E-state index in [9.17, 15) is 18.4 Å². The number of para-hydroxylation sites is 2. The van der Waals surface area contributed by atoms with Crippen molar-refractivity contribution in [3.63, 3.8) is 0 Å². The SMILES string of the molecule is CC(C)(C)c1ccc2c(c1)c1ccccc1n2-c1cc(-c2cc(F)c(F)c(F)c2)cc(-n2c3ccccc3c3cc(C(C)(C)C)ccc32)c1C#N. The van der Waals surface area contributed by atoms with E-state index in [0.717, 1.165) is 55.7 Å². The zero-order valence-corrected chi connectivity index (χ0v) is 29.4. The summed E-state index contributed by atoms with van der Waals surface area (Å²) in [6, 6.07) is 37.0. The Kier molecular flexibility index (Phi) is 7.22. The van der Waals surface area contributed by atoms with Crippen molar-refractivity contribution in [3.05, 3.63) is 143 Å². The van der Waals surface area contributed by atoms with Gasteiger partial charge < -0.3 is 9.13 Å². The van der Waals surface area contributed by atoms with Gasteiger partial charge in [-0.1, -0.05) is 90.1 Å². The van der Waals surface area contributed by atoms with E-state index in [0.29, 0.717) is 22.5 Å². The molecule has 51 heavy (non-hydrogen) atoms. The molecule has 0 fully saturated rings. The number of nitrogens with zero attached hydrogens (tertiary/aromatic N) is 3.